The largest absolute Gasteiger partial charge is 0.508 e. The SMILES string of the molecule is CCC(CSC)NCc1c(O)ccc2ccccc12. The van der Waals surface area contributed by atoms with Crippen molar-refractivity contribution in [1.82, 2.24) is 5.32 Å². The normalized spacial score (nSPS) is 12.7. The van der Waals surface area contributed by atoms with Crippen LogP contribution in [0.3, 0.4) is 0 Å². The van der Waals surface area contributed by atoms with Gasteiger partial charge >= 0.3 is 0 Å². The van der Waals surface area contributed by atoms with E-state index in [4.69, 9.17) is 0 Å². The number of aromatic hydroxyl groups is 1. The number of thioether (sulfide) groups is 1. The molecule has 102 valence electrons. The fourth-order valence-electron chi connectivity index (χ4n) is 2.28. The predicted molar refractivity (Wildman–Crippen MR) is 84.9 cm³/mol. The number of hydrogen-bond donors (Lipinski definition) is 2. The van der Waals surface area contributed by atoms with Gasteiger partial charge in [0.2, 0.25) is 0 Å². The van der Waals surface area contributed by atoms with Crippen molar-refractivity contribution in [2.45, 2.75) is 25.9 Å². The smallest absolute Gasteiger partial charge is 0.120 e. The number of fused-ring (bicyclic) bond motifs is 1. The van der Waals surface area contributed by atoms with Gasteiger partial charge in [-0.25, -0.2) is 0 Å². The summed E-state index contributed by atoms with van der Waals surface area (Å²) in [5.41, 5.74) is 0.998. The lowest BCUT2D eigenvalue weighted by molar-refractivity contribution is 0.460. The van der Waals surface area contributed by atoms with Crippen molar-refractivity contribution in [2.24, 2.45) is 0 Å². The van der Waals surface area contributed by atoms with Crippen LogP contribution in [0.4, 0.5) is 0 Å². The second-order valence-corrected chi connectivity index (χ2v) is 5.64. The molecule has 1 atom stereocenters. The number of hydrogen-bond acceptors (Lipinski definition) is 3. The highest BCUT2D eigenvalue weighted by atomic mass is 32.2. The Bertz CT molecular complexity index is 541. The molecule has 0 fully saturated rings. The molecule has 0 heterocycles. The van der Waals surface area contributed by atoms with Crippen LogP contribution in [0.25, 0.3) is 10.8 Å². The maximum Gasteiger partial charge on any atom is 0.120 e. The Balaban J connectivity index is 2.22. The second-order valence-electron chi connectivity index (χ2n) is 4.73. The molecule has 0 saturated heterocycles. The Hall–Kier alpha value is -1.19. The molecule has 0 aliphatic carbocycles. The highest BCUT2D eigenvalue weighted by molar-refractivity contribution is 7.98. The number of rotatable bonds is 6. The van der Waals surface area contributed by atoms with Crippen molar-refractivity contribution in [3.05, 3.63) is 42.0 Å². The standard InChI is InChI=1S/C16H21NOS/c1-3-13(11-19-2)17-10-15-14-7-5-4-6-12(14)8-9-16(15)18/h4-9,13,17-18H,3,10-11H2,1-2H3. The lowest BCUT2D eigenvalue weighted by Crippen LogP contribution is -2.30. The van der Waals surface area contributed by atoms with E-state index >= 15 is 0 Å². The number of phenolic OH excluding ortho intramolecular Hbond substituents is 1. The van der Waals surface area contributed by atoms with Gasteiger partial charge < -0.3 is 10.4 Å². The van der Waals surface area contributed by atoms with Crippen molar-refractivity contribution in [3.63, 3.8) is 0 Å². The summed E-state index contributed by atoms with van der Waals surface area (Å²) in [5, 5.41) is 15.9. The Kier molecular flexibility index (Phi) is 5.11. The summed E-state index contributed by atoms with van der Waals surface area (Å²) in [4.78, 5) is 0. The van der Waals surface area contributed by atoms with Crippen LogP contribution in [0.5, 0.6) is 5.75 Å². The molecule has 0 bridgehead atoms. The van der Waals surface area contributed by atoms with E-state index in [1.54, 1.807) is 6.07 Å². The van der Waals surface area contributed by atoms with Crippen LogP contribution in [0.15, 0.2) is 36.4 Å². The van der Waals surface area contributed by atoms with E-state index in [0.29, 0.717) is 18.3 Å². The van der Waals surface area contributed by atoms with Gasteiger partial charge in [0.15, 0.2) is 0 Å². The zero-order valence-electron chi connectivity index (χ0n) is 11.5. The summed E-state index contributed by atoms with van der Waals surface area (Å²) in [5.74, 6) is 1.48. The van der Waals surface area contributed by atoms with Crippen LogP contribution in [-0.2, 0) is 6.54 Å². The van der Waals surface area contributed by atoms with Crippen molar-refractivity contribution in [2.75, 3.05) is 12.0 Å². The summed E-state index contributed by atoms with van der Waals surface area (Å²) in [6, 6.07) is 12.4. The van der Waals surface area contributed by atoms with Crippen LogP contribution in [0, 0.1) is 0 Å². The van der Waals surface area contributed by atoms with Gasteiger partial charge in [-0.2, -0.15) is 11.8 Å². The predicted octanol–water partition coefficient (Wildman–Crippen LogP) is 3.78. The van der Waals surface area contributed by atoms with Gasteiger partial charge in [-0.3, -0.25) is 0 Å². The summed E-state index contributed by atoms with van der Waals surface area (Å²) < 4.78 is 0. The third-order valence-corrected chi connectivity index (χ3v) is 4.18. The van der Waals surface area contributed by atoms with Crippen LogP contribution >= 0.6 is 11.8 Å². The van der Waals surface area contributed by atoms with E-state index in [9.17, 15) is 5.11 Å². The maximum atomic E-state index is 10.1. The van der Waals surface area contributed by atoms with E-state index in [1.165, 1.54) is 5.39 Å². The van der Waals surface area contributed by atoms with E-state index in [-0.39, 0.29) is 0 Å². The molecule has 0 aliphatic rings. The van der Waals surface area contributed by atoms with E-state index in [2.05, 4.69) is 30.6 Å². The average Bonchev–Trinajstić information content (AvgIpc) is 2.45. The maximum absolute atomic E-state index is 10.1. The number of nitrogens with one attached hydrogen (secondary N) is 1. The highest BCUT2D eigenvalue weighted by Gasteiger charge is 2.09. The fourth-order valence-corrected chi connectivity index (χ4v) is 3.03. The number of benzene rings is 2. The summed E-state index contributed by atoms with van der Waals surface area (Å²) in [6.07, 6.45) is 3.23. The Morgan fingerprint density at radius 1 is 1.21 bits per heavy atom. The molecule has 2 nitrogen and oxygen atoms in total. The Morgan fingerprint density at radius 2 is 2.00 bits per heavy atom. The van der Waals surface area contributed by atoms with Gasteiger partial charge in [0.25, 0.3) is 0 Å². The molecule has 0 spiro atoms. The highest BCUT2D eigenvalue weighted by Crippen LogP contribution is 2.27. The first-order valence-corrected chi connectivity index (χ1v) is 8.07. The monoisotopic (exact) mass is 275 g/mol. The minimum atomic E-state index is 0.380. The zero-order valence-corrected chi connectivity index (χ0v) is 12.3. The topological polar surface area (TPSA) is 32.3 Å². The van der Waals surface area contributed by atoms with Gasteiger partial charge in [0.05, 0.1) is 0 Å². The lowest BCUT2D eigenvalue weighted by Gasteiger charge is -2.17. The minimum absolute atomic E-state index is 0.380. The summed E-state index contributed by atoms with van der Waals surface area (Å²) in [7, 11) is 0. The van der Waals surface area contributed by atoms with Crippen molar-refractivity contribution < 1.29 is 5.11 Å². The molecule has 0 amide bonds. The Morgan fingerprint density at radius 3 is 2.74 bits per heavy atom. The molecule has 2 rings (SSSR count). The molecule has 0 radical (unpaired) electrons. The third kappa shape index (κ3) is 3.43. The molecule has 2 N–H and O–H groups in total. The molecule has 0 aromatic heterocycles. The molecule has 2 aromatic carbocycles. The molecule has 19 heavy (non-hydrogen) atoms. The van der Waals surface area contributed by atoms with Crippen LogP contribution in [0.2, 0.25) is 0 Å². The molecular weight excluding hydrogens is 254 g/mol. The van der Waals surface area contributed by atoms with Crippen molar-refractivity contribution in [3.8, 4) is 5.75 Å². The first-order chi connectivity index (χ1) is 9.26. The van der Waals surface area contributed by atoms with Crippen molar-refractivity contribution in [1.29, 1.82) is 0 Å². The number of phenols is 1. The fraction of sp³-hybridized carbons (Fsp3) is 0.375. The van der Waals surface area contributed by atoms with E-state index in [1.807, 2.05) is 30.0 Å². The van der Waals surface area contributed by atoms with Gasteiger partial charge in [0, 0.05) is 23.9 Å². The summed E-state index contributed by atoms with van der Waals surface area (Å²) >= 11 is 1.85. The van der Waals surface area contributed by atoms with E-state index in [0.717, 1.165) is 23.1 Å². The lowest BCUT2D eigenvalue weighted by atomic mass is 10.0. The first kappa shape index (κ1) is 14.2. The second kappa shape index (κ2) is 6.83. The van der Waals surface area contributed by atoms with Gasteiger partial charge in [-0.05, 0) is 29.5 Å². The van der Waals surface area contributed by atoms with Crippen LogP contribution in [0.1, 0.15) is 18.9 Å². The van der Waals surface area contributed by atoms with Gasteiger partial charge in [0.1, 0.15) is 5.75 Å². The zero-order chi connectivity index (χ0) is 13.7. The quantitative estimate of drug-likeness (QED) is 0.841. The van der Waals surface area contributed by atoms with Crippen LogP contribution < -0.4 is 5.32 Å². The van der Waals surface area contributed by atoms with Crippen molar-refractivity contribution >= 4 is 22.5 Å². The Labute approximate surface area is 119 Å². The minimum Gasteiger partial charge on any atom is -0.508 e. The molecule has 1 unspecified atom stereocenters. The molecule has 3 heteroatoms. The third-order valence-electron chi connectivity index (χ3n) is 3.44. The molecule has 0 saturated carbocycles. The molecule has 0 aliphatic heterocycles. The van der Waals surface area contributed by atoms with Crippen LogP contribution in [-0.4, -0.2) is 23.2 Å². The van der Waals surface area contributed by atoms with E-state index < -0.39 is 0 Å². The first-order valence-electron chi connectivity index (χ1n) is 6.68. The molecular formula is C16H21NOS. The summed E-state index contributed by atoms with van der Waals surface area (Å²) in [6.45, 7) is 2.91. The molecule has 2 aromatic rings. The average molecular weight is 275 g/mol. The van der Waals surface area contributed by atoms with Gasteiger partial charge in [-0.1, -0.05) is 37.3 Å². The van der Waals surface area contributed by atoms with Gasteiger partial charge in [-0.15, -0.1) is 0 Å².